The Kier molecular flexibility index (Phi) is 1430. The second-order valence-corrected chi connectivity index (χ2v) is 0. The van der Waals surface area contributed by atoms with Gasteiger partial charge in [0.2, 0.25) is 0 Å². The minimum Gasteiger partial charge on any atom is -1.00 e. The largest absolute Gasteiger partial charge is 4.00 e. The Hall–Kier alpha value is 2.95. The third kappa shape index (κ3) is 65.0. The Balaban J connectivity index is 0. The van der Waals surface area contributed by atoms with Crippen LogP contribution >= 0.6 is 0 Å². The molecule has 0 saturated heterocycles. The van der Waals surface area contributed by atoms with Gasteiger partial charge < -0.3 is 74.4 Å². The average molecular weight is 451 g/mol. The fourth-order valence-corrected chi connectivity index (χ4v) is 0. The maximum Gasteiger partial charge on any atom is 4.00 e. The van der Waals surface area contributed by atoms with Crippen LogP contribution in [-0.2, 0) is 38.1 Å². The standard InChI is InChI=1S/6ClH.Mn.W/h6*1H;;/q;;;;;;+2;+4/p-6. The number of halogens is 6. The van der Waals surface area contributed by atoms with Crippen molar-refractivity contribution in [3.8, 4) is 0 Å². The topological polar surface area (TPSA) is 0 Å². The summed E-state index contributed by atoms with van der Waals surface area (Å²) in [5.41, 5.74) is 0. The zero-order valence-corrected chi connectivity index (χ0v) is 11.7. The first kappa shape index (κ1) is 125. The minimum atomic E-state index is 0. The van der Waals surface area contributed by atoms with Gasteiger partial charge in [-0.1, -0.05) is 0 Å². The molecular weight excluding hydrogens is 451 g/mol. The predicted octanol–water partition coefficient (Wildman–Crippen LogP) is -18.0. The summed E-state index contributed by atoms with van der Waals surface area (Å²) in [7, 11) is 0. The Morgan fingerprint density at radius 3 is 0.375 bits per heavy atom. The zero-order valence-electron chi connectivity index (χ0n) is 3.05. The van der Waals surface area contributed by atoms with Crippen LogP contribution in [0.1, 0.15) is 0 Å². The first-order chi connectivity index (χ1) is 0. The average Bonchev–Trinajstić information content (AvgIpc) is 0. The summed E-state index contributed by atoms with van der Waals surface area (Å²) in [5, 5.41) is 0. The molecule has 0 aliphatic rings. The van der Waals surface area contributed by atoms with E-state index in [9.17, 15) is 0 Å². The van der Waals surface area contributed by atoms with Crippen molar-refractivity contribution in [3.63, 3.8) is 0 Å². The van der Waals surface area contributed by atoms with Gasteiger partial charge in [-0.25, -0.2) is 0 Å². The van der Waals surface area contributed by atoms with Gasteiger partial charge in [-0.05, 0) is 0 Å². The smallest absolute Gasteiger partial charge is 1.00 e. The quantitative estimate of drug-likeness (QED) is 0.321. The summed E-state index contributed by atoms with van der Waals surface area (Å²) in [6, 6.07) is 0. The molecule has 8 heavy (non-hydrogen) atoms. The minimum absolute atomic E-state index is 0. The van der Waals surface area contributed by atoms with Crippen LogP contribution in [0, 0.1) is 0 Å². The van der Waals surface area contributed by atoms with Crippen molar-refractivity contribution in [1.29, 1.82) is 0 Å². The molecule has 55 valence electrons. The third-order valence-electron chi connectivity index (χ3n) is 0. The van der Waals surface area contributed by atoms with Crippen LogP contribution in [0.2, 0.25) is 0 Å². The molecule has 1 radical (unpaired) electrons. The van der Waals surface area contributed by atoms with Gasteiger partial charge in [0.15, 0.2) is 0 Å². The van der Waals surface area contributed by atoms with Gasteiger partial charge in [0.1, 0.15) is 0 Å². The van der Waals surface area contributed by atoms with Gasteiger partial charge in [0.05, 0.1) is 0 Å². The number of hydrogen-bond donors (Lipinski definition) is 0. The summed E-state index contributed by atoms with van der Waals surface area (Å²) in [6.07, 6.45) is 0. The van der Waals surface area contributed by atoms with Crippen molar-refractivity contribution in [2.45, 2.75) is 0 Å². The molecule has 0 nitrogen and oxygen atoms in total. The molecule has 0 N–H and O–H groups in total. The molecule has 0 aromatic heterocycles. The molecule has 0 spiro atoms. The first-order valence-electron chi connectivity index (χ1n) is 0. The molecule has 0 aliphatic carbocycles. The summed E-state index contributed by atoms with van der Waals surface area (Å²) >= 11 is 0. The van der Waals surface area contributed by atoms with Crippen LogP contribution in [0.25, 0.3) is 0 Å². The molecular formula is Cl6MnW. The summed E-state index contributed by atoms with van der Waals surface area (Å²) in [6.45, 7) is 0. The zero-order chi connectivity index (χ0) is 0. The molecule has 0 bridgehead atoms. The normalized spacial score (nSPS) is 0. The number of rotatable bonds is 0. The van der Waals surface area contributed by atoms with Crippen LogP contribution in [0.15, 0.2) is 0 Å². The SMILES string of the molecule is [Cl-].[Cl-].[Cl-].[Cl-].[Cl-].[Cl-].[Mn+2].[W+4]. The summed E-state index contributed by atoms with van der Waals surface area (Å²) in [4.78, 5) is 0. The maximum atomic E-state index is 0. The molecule has 0 aromatic rings. The molecule has 0 fully saturated rings. The Labute approximate surface area is 111 Å². The van der Waals surface area contributed by atoms with Crippen LogP contribution in [0.4, 0.5) is 0 Å². The second-order valence-electron chi connectivity index (χ2n) is 0. The van der Waals surface area contributed by atoms with E-state index in [4.69, 9.17) is 0 Å². The predicted molar refractivity (Wildman–Crippen MR) is 0 cm³/mol. The van der Waals surface area contributed by atoms with Gasteiger partial charge in [0.25, 0.3) is 0 Å². The van der Waals surface area contributed by atoms with Crippen LogP contribution in [0.5, 0.6) is 0 Å². The van der Waals surface area contributed by atoms with E-state index in [1.807, 2.05) is 0 Å². The van der Waals surface area contributed by atoms with Crippen molar-refractivity contribution < 1.29 is 113 Å². The maximum absolute atomic E-state index is 0. The fourth-order valence-electron chi connectivity index (χ4n) is 0. The molecule has 0 unspecified atom stereocenters. The molecule has 0 heterocycles. The van der Waals surface area contributed by atoms with Crippen LogP contribution in [0.3, 0.4) is 0 Å². The van der Waals surface area contributed by atoms with Crippen molar-refractivity contribution >= 4 is 0 Å². The van der Waals surface area contributed by atoms with Crippen molar-refractivity contribution in [1.82, 2.24) is 0 Å². The van der Waals surface area contributed by atoms with Crippen LogP contribution < -0.4 is 74.4 Å². The molecule has 0 rings (SSSR count). The molecule has 0 atom stereocenters. The fraction of sp³-hybridized carbons (Fsp3) is 0. The van der Waals surface area contributed by atoms with E-state index >= 15 is 0 Å². The van der Waals surface area contributed by atoms with Crippen LogP contribution in [-0.4, -0.2) is 0 Å². The van der Waals surface area contributed by atoms with Gasteiger partial charge in [-0.15, -0.1) is 0 Å². The monoisotopic (exact) mass is 449 g/mol. The number of hydrogen-bond acceptors (Lipinski definition) is 0. The van der Waals surface area contributed by atoms with E-state index in [-0.39, 0.29) is 113 Å². The first-order valence-corrected chi connectivity index (χ1v) is 0. The molecule has 0 amide bonds. The molecule has 0 aliphatic heterocycles. The van der Waals surface area contributed by atoms with Crippen molar-refractivity contribution in [2.75, 3.05) is 0 Å². The van der Waals surface area contributed by atoms with E-state index in [2.05, 4.69) is 0 Å². The van der Waals surface area contributed by atoms with Crippen molar-refractivity contribution in [3.05, 3.63) is 0 Å². The Bertz CT molecular complexity index is 8.49. The van der Waals surface area contributed by atoms with Gasteiger partial charge in [-0.3, -0.25) is 0 Å². The molecule has 8 heteroatoms. The third-order valence-corrected chi connectivity index (χ3v) is 0. The van der Waals surface area contributed by atoms with Gasteiger partial charge in [-0.2, -0.15) is 0 Å². The summed E-state index contributed by atoms with van der Waals surface area (Å²) in [5.74, 6) is 0. The second kappa shape index (κ2) is 91.7. The Morgan fingerprint density at radius 1 is 0.375 bits per heavy atom. The van der Waals surface area contributed by atoms with E-state index in [1.54, 1.807) is 0 Å². The van der Waals surface area contributed by atoms with Crippen molar-refractivity contribution in [2.24, 2.45) is 0 Å². The van der Waals surface area contributed by atoms with Gasteiger partial charge >= 0.3 is 38.1 Å². The van der Waals surface area contributed by atoms with E-state index in [0.29, 0.717) is 0 Å². The summed E-state index contributed by atoms with van der Waals surface area (Å²) < 4.78 is 0. The molecule has 0 saturated carbocycles. The van der Waals surface area contributed by atoms with Gasteiger partial charge in [0, 0.05) is 0 Å². The Morgan fingerprint density at radius 2 is 0.375 bits per heavy atom. The van der Waals surface area contributed by atoms with E-state index in [0.717, 1.165) is 0 Å². The van der Waals surface area contributed by atoms with E-state index < -0.39 is 0 Å². The van der Waals surface area contributed by atoms with E-state index in [1.165, 1.54) is 0 Å². The molecule has 0 aromatic carbocycles.